The first-order valence-corrected chi connectivity index (χ1v) is 6.55. The van der Waals surface area contributed by atoms with E-state index in [1.165, 1.54) is 0 Å². The van der Waals surface area contributed by atoms with Crippen LogP contribution >= 0.6 is 0 Å². The van der Waals surface area contributed by atoms with Crippen molar-refractivity contribution in [2.24, 2.45) is 0 Å². The van der Waals surface area contributed by atoms with E-state index in [4.69, 9.17) is 0 Å². The zero-order chi connectivity index (χ0) is 14.4. The zero-order valence-electron chi connectivity index (χ0n) is 11.3. The maximum Gasteiger partial charge on any atom is 0.273 e. The third kappa shape index (κ3) is 3.46. The summed E-state index contributed by atoms with van der Waals surface area (Å²) >= 11 is 0. The van der Waals surface area contributed by atoms with Crippen molar-refractivity contribution in [3.05, 3.63) is 75.3 Å². The normalized spacial score (nSPS) is 9.65. The van der Waals surface area contributed by atoms with Crippen LogP contribution in [0.4, 0.5) is 5.69 Å². The highest BCUT2D eigenvalue weighted by Crippen LogP contribution is 2.21. The lowest BCUT2D eigenvalue weighted by atomic mass is 10.0. The van der Waals surface area contributed by atoms with Crippen LogP contribution in [0.3, 0.4) is 0 Å². The Morgan fingerprint density at radius 1 is 1.05 bits per heavy atom. The molecular weight excluding hydrogens is 250 g/mol. The Morgan fingerprint density at radius 3 is 2.40 bits per heavy atom. The molecule has 20 heavy (non-hydrogen) atoms. The minimum Gasteiger partial charge on any atom is -0.258 e. The molecule has 0 spiro atoms. The summed E-state index contributed by atoms with van der Waals surface area (Å²) in [5.74, 6) is 5.98. The summed E-state index contributed by atoms with van der Waals surface area (Å²) in [6.45, 7) is 2.01. The van der Waals surface area contributed by atoms with Gasteiger partial charge in [0, 0.05) is 22.8 Å². The van der Waals surface area contributed by atoms with Gasteiger partial charge in [-0.1, -0.05) is 49.5 Å². The summed E-state index contributed by atoms with van der Waals surface area (Å²) in [7, 11) is 0. The summed E-state index contributed by atoms with van der Waals surface area (Å²) < 4.78 is 0. The van der Waals surface area contributed by atoms with E-state index >= 15 is 0 Å². The number of nitrogens with zero attached hydrogens (tertiary/aromatic N) is 1. The molecule has 0 amide bonds. The van der Waals surface area contributed by atoms with Gasteiger partial charge in [-0.2, -0.15) is 0 Å². The maximum atomic E-state index is 11.1. The first-order valence-electron chi connectivity index (χ1n) is 6.55. The highest BCUT2D eigenvalue weighted by Gasteiger charge is 2.12. The third-order valence-electron chi connectivity index (χ3n) is 2.93. The number of rotatable bonds is 3. The fraction of sp³-hybridized carbons (Fsp3) is 0.176. The van der Waals surface area contributed by atoms with Crippen LogP contribution in [0.5, 0.6) is 0 Å². The van der Waals surface area contributed by atoms with Crippen molar-refractivity contribution in [3.8, 4) is 11.8 Å². The lowest BCUT2D eigenvalue weighted by Crippen LogP contribution is -1.96. The van der Waals surface area contributed by atoms with E-state index in [2.05, 4.69) is 11.8 Å². The molecule has 0 fully saturated rings. The van der Waals surface area contributed by atoms with E-state index in [-0.39, 0.29) is 10.6 Å². The Kier molecular flexibility index (Phi) is 4.52. The van der Waals surface area contributed by atoms with Crippen molar-refractivity contribution in [1.29, 1.82) is 0 Å². The van der Waals surface area contributed by atoms with Gasteiger partial charge in [-0.25, -0.2) is 0 Å². The molecule has 0 saturated carbocycles. The third-order valence-corrected chi connectivity index (χ3v) is 2.93. The molecule has 0 N–H and O–H groups in total. The SMILES string of the molecule is CCCc1ccc(C#Cc2ccccc2)cc1[N+](=O)[O-]. The zero-order valence-corrected chi connectivity index (χ0v) is 11.3. The second-order valence-corrected chi connectivity index (χ2v) is 4.47. The van der Waals surface area contributed by atoms with Gasteiger partial charge >= 0.3 is 0 Å². The summed E-state index contributed by atoms with van der Waals surface area (Å²) in [6, 6.07) is 14.8. The fourth-order valence-electron chi connectivity index (χ4n) is 1.96. The van der Waals surface area contributed by atoms with Gasteiger partial charge in [0.15, 0.2) is 0 Å². The van der Waals surface area contributed by atoms with Crippen molar-refractivity contribution in [3.63, 3.8) is 0 Å². The molecule has 0 atom stereocenters. The predicted molar refractivity (Wildman–Crippen MR) is 79.5 cm³/mol. The van der Waals surface area contributed by atoms with Gasteiger partial charge in [0.25, 0.3) is 5.69 Å². The van der Waals surface area contributed by atoms with E-state index in [1.807, 2.05) is 43.3 Å². The second kappa shape index (κ2) is 6.53. The van der Waals surface area contributed by atoms with Gasteiger partial charge in [-0.15, -0.1) is 0 Å². The molecule has 0 radical (unpaired) electrons. The average molecular weight is 265 g/mol. The molecule has 100 valence electrons. The highest BCUT2D eigenvalue weighted by molar-refractivity contribution is 5.50. The fourth-order valence-corrected chi connectivity index (χ4v) is 1.96. The van der Waals surface area contributed by atoms with Gasteiger partial charge in [0.05, 0.1) is 4.92 Å². The first-order chi connectivity index (χ1) is 9.70. The molecule has 0 aliphatic carbocycles. The van der Waals surface area contributed by atoms with Crippen LogP contribution in [0.2, 0.25) is 0 Å². The monoisotopic (exact) mass is 265 g/mol. The van der Waals surface area contributed by atoms with Gasteiger partial charge in [-0.05, 0) is 24.6 Å². The summed E-state index contributed by atoms with van der Waals surface area (Å²) in [6.07, 6.45) is 1.60. The standard InChI is InChI=1S/C17H15NO2/c1-2-6-16-12-11-15(13-17(16)18(19)20)10-9-14-7-4-3-5-8-14/h3-5,7-8,11-13H,2,6H2,1H3. The topological polar surface area (TPSA) is 43.1 Å². The molecule has 0 aliphatic heterocycles. The molecule has 0 aliphatic rings. The average Bonchev–Trinajstić information content (AvgIpc) is 2.47. The summed E-state index contributed by atoms with van der Waals surface area (Å²) in [4.78, 5) is 10.7. The van der Waals surface area contributed by atoms with Crippen molar-refractivity contribution in [1.82, 2.24) is 0 Å². The summed E-state index contributed by atoms with van der Waals surface area (Å²) in [5, 5.41) is 11.1. The number of aryl methyl sites for hydroxylation is 1. The second-order valence-electron chi connectivity index (χ2n) is 4.47. The molecule has 0 heterocycles. The van der Waals surface area contributed by atoms with Crippen molar-refractivity contribution < 1.29 is 4.92 Å². The van der Waals surface area contributed by atoms with Gasteiger partial charge in [0.1, 0.15) is 0 Å². The molecule has 2 aromatic rings. The predicted octanol–water partition coefficient (Wildman–Crippen LogP) is 3.95. The lowest BCUT2D eigenvalue weighted by molar-refractivity contribution is -0.385. The van der Waals surface area contributed by atoms with Crippen molar-refractivity contribution in [2.75, 3.05) is 0 Å². The number of nitro benzene ring substituents is 1. The number of hydrogen-bond acceptors (Lipinski definition) is 2. The van der Waals surface area contributed by atoms with Gasteiger partial charge in [-0.3, -0.25) is 10.1 Å². The van der Waals surface area contributed by atoms with Crippen LogP contribution in [0.25, 0.3) is 0 Å². The Balaban J connectivity index is 2.33. The molecule has 3 nitrogen and oxygen atoms in total. The van der Waals surface area contributed by atoms with E-state index in [0.29, 0.717) is 12.0 Å². The van der Waals surface area contributed by atoms with Crippen LogP contribution in [-0.4, -0.2) is 4.92 Å². The van der Waals surface area contributed by atoms with Crippen molar-refractivity contribution >= 4 is 5.69 Å². The summed E-state index contributed by atoms with van der Waals surface area (Å²) in [5.41, 5.74) is 2.49. The quantitative estimate of drug-likeness (QED) is 0.479. The number of hydrogen-bond donors (Lipinski definition) is 0. The van der Waals surface area contributed by atoms with E-state index in [0.717, 1.165) is 17.5 Å². The molecule has 0 bridgehead atoms. The lowest BCUT2D eigenvalue weighted by Gasteiger charge is -2.01. The van der Waals surface area contributed by atoms with E-state index in [9.17, 15) is 10.1 Å². The first kappa shape index (κ1) is 13.8. The van der Waals surface area contributed by atoms with Crippen LogP contribution < -0.4 is 0 Å². The molecular formula is C17H15NO2. The Labute approximate surface area is 118 Å². The molecule has 2 rings (SSSR count). The Bertz CT molecular complexity index is 666. The minimum atomic E-state index is -0.335. The molecule has 2 aromatic carbocycles. The maximum absolute atomic E-state index is 11.1. The van der Waals surface area contributed by atoms with Gasteiger partial charge < -0.3 is 0 Å². The Morgan fingerprint density at radius 2 is 1.75 bits per heavy atom. The molecule has 0 saturated heterocycles. The van der Waals surface area contributed by atoms with Gasteiger partial charge in [0.2, 0.25) is 0 Å². The largest absolute Gasteiger partial charge is 0.273 e. The Hall–Kier alpha value is -2.60. The molecule has 0 aromatic heterocycles. The van der Waals surface area contributed by atoms with Crippen LogP contribution in [-0.2, 0) is 6.42 Å². The number of benzene rings is 2. The van der Waals surface area contributed by atoms with Crippen LogP contribution in [0.15, 0.2) is 48.5 Å². The minimum absolute atomic E-state index is 0.159. The van der Waals surface area contributed by atoms with Crippen LogP contribution in [0.1, 0.15) is 30.0 Å². The van der Waals surface area contributed by atoms with E-state index < -0.39 is 0 Å². The van der Waals surface area contributed by atoms with E-state index in [1.54, 1.807) is 12.1 Å². The van der Waals surface area contributed by atoms with Crippen molar-refractivity contribution in [2.45, 2.75) is 19.8 Å². The number of nitro groups is 1. The molecule has 0 unspecified atom stereocenters. The van der Waals surface area contributed by atoms with Crippen LogP contribution in [0, 0.1) is 22.0 Å². The highest BCUT2D eigenvalue weighted by atomic mass is 16.6. The molecule has 3 heteroatoms. The smallest absolute Gasteiger partial charge is 0.258 e.